The van der Waals surface area contributed by atoms with Crippen LogP contribution in [0.25, 0.3) is 0 Å². The lowest BCUT2D eigenvalue weighted by Crippen LogP contribution is -2.43. The van der Waals surface area contributed by atoms with Crippen molar-refractivity contribution in [3.05, 3.63) is 111 Å². The van der Waals surface area contributed by atoms with E-state index < -0.39 is 16.9 Å². The quantitative estimate of drug-likeness (QED) is 0.281. The van der Waals surface area contributed by atoms with Gasteiger partial charge >= 0.3 is 5.69 Å². The highest BCUT2D eigenvalue weighted by Crippen LogP contribution is 2.38. The Morgan fingerprint density at radius 3 is 2.51 bits per heavy atom. The molecule has 3 aromatic carbocycles. The Hall–Kier alpha value is -4.73. The first-order valence-electron chi connectivity index (χ1n) is 11.6. The largest absolute Gasteiger partial charge is 0.496 e. The van der Waals surface area contributed by atoms with Crippen LogP contribution in [0.15, 0.2) is 66.7 Å². The summed E-state index contributed by atoms with van der Waals surface area (Å²) in [6.07, 6.45) is -0.604. The fourth-order valence-electron chi connectivity index (χ4n) is 4.71. The summed E-state index contributed by atoms with van der Waals surface area (Å²) in [6, 6.07) is 18.5. The molecule has 1 N–H and O–H groups in total. The third-order valence-electron chi connectivity index (χ3n) is 6.50. The van der Waals surface area contributed by atoms with E-state index in [9.17, 15) is 19.3 Å². The van der Waals surface area contributed by atoms with Crippen molar-refractivity contribution < 1.29 is 18.8 Å². The SMILES string of the molecule is COc1ccc([C@H]2Nc3ccccc3C(=O)N2c2ccc(F)cc2)cc1Cn1nc(C)c([N+](=O)[O-])c1C. The van der Waals surface area contributed by atoms with E-state index in [0.717, 1.165) is 11.1 Å². The zero-order valence-corrected chi connectivity index (χ0v) is 20.4. The molecule has 5 rings (SSSR count). The van der Waals surface area contributed by atoms with Gasteiger partial charge in [0.1, 0.15) is 29.1 Å². The molecule has 37 heavy (non-hydrogen) atoms. The van der Waals surface area contributed by atoms with Crippen LogP contribution in [0.5, 0.6) is 5.75 Å². The summed E-state index contributed by atoms with van der Waals surface area (Å²) in [6.45, 7) is 3.49. The number of hydrogen-bond donors (Lipinski definition) is 1. The lowest BCUT2D eigenvalue weighted by Gasteiger charge is -2.38. The van der Waals surface area contributed by atoms with E-state index in [4.69, 9.17) is 4.74 Å². The standard InChI is InChI=1S/C27H24FN5O4/c1-16-25(33(35)36)17(2)31(30-16)15-19-14-18(8-13-24(19)37-3)26-29-23-7-5-4-6-22(23)27(34)32(26)21-11-9-20(28)10-12-21/h4-14,26,29H,15H2,1-3H3/t26-/m0/s1. The van der Waals surface area contributed by atoms with Crippen LogP contribution in [-0.4, -0.2) is 27.7 Å². The molecule has 0 unspecified atom stereocenters. The number of hydrogen-bond acceptors (Lipinski definition) is 6. The van der Waals surface area contributed by atoms with Crippen molar-refractivity contribution in [2.24, 2.45) is 0 Å². The molecule has 10 heteroatoms. The predicted octanol–water partition coefficient (Wildman–Crippen LogP) is 5.38. The number of halogens is 1. The second-order valence-electron chi connectivity index (χ2n) is 8.75. The van der Waals surface area contributed by atoms with Crippen LogP contribution in [-0.2, 0) is 6.54 Å². The number of rotatable bonds is 6. The molecule has 1 amide bonds. The maximum absolute atomic E-state index is 13.7. The first-order chi connectivity index (χ1) is 17.8. The van der Waals surface area contributed by atoms with Crippen LogP contribution >= 0.6 is 0 Å². The van der Waals surface area contributed by atoms with Crippen molar-refractivity contribution in [3.63, 3.8) is 0 Å². The monoisotopic (exact) mass is 501 g/mol. The third kappa shape index (κ3) is 4.26. The zero-order chi connectivity index (χ0) is 26.3. The number of aryl methyl sites for hydroxylation is 1. The van der Waals surface area contributed by atoms with Gasteiger partial charge in [0.25, 0.3) is 5.91 Å². The van der Waals surface area contributed by atoms with Gasteiger partial charge in [0, 0.05) is 16.9 Å². The molecule has 0 radical (unpaired) electrons. The number of fused-ring (bicyclic) bond motifs is 1. The van der Waals surface area contributed by atoms with Crippen molar-refractivity contribution in [1.29, 1.82) is 0 Å². The van der Waals surface area contributed by atoms with Gasteiger partial charge in [-0.25, -0.2) is 4.39 Å². The number of carbonyl (C=O) groups is 1. The van der Waals surface area contributed by atoms with Crippen molar-refractivity contribution in [2.45, 2.75) is 26.6 Å². The van der Waals surface area contributed by atoms with Gasteiger partial charge < -0.3 is 10.1 Å². The molecule has 1 aliphatic heterocycles. The number of anilines is 2. The normalized spacial score (nSPS) is 14.8. The van der Waals surface area contributed by atoms with Crippen LogP contribution in [0.2, 0.25) is 0 Å². The zero-order valence-electron chi connectivity index (χ0n) is 20.4. The third-order valence-corrected chi connectivity index (χ3v) is 6.50. The summed E-state index contributed by atoms with van der Waals surface area (Å²) in [5, 5.41) is 19.3. The van der Waals surface area contributed by atoms with E-state index in [1.54, 1.807) is 60.9 Å². The number of para-hydroxylation sites is 1. The Balaban J connectivity index is 1.60. The molecule has 1 atom stereocenters. The molecule has 0 fully saturated rings. The first-order valence-corrected chi connectivity index (χ1v) is 11.6. The van der Waals surface area contributed by atoms with Gasteiger partial charge in [-0.05, 0) is 67.9 Å². The van der Waals surface area contributed by atoms with Gasteiger partial charge in [-0.3, -0.25) is 24.5 Å². The van der Waals surface area contributed by atoms with Gasteiger partial charge in [-0.1, -0.05) is 18.2 Å². The molecule has 188 valence electrons. The average molecular weight is 502 g/mol. The molecule has 0 aliphatic carbocycles. The lowest BCUT2D eigenvalue weighted by molar-refractivity contribution is -0.386. The van der Waals surface area contributed by atoms with Crippen LogP contribution in [0.4, 0.5) is 21.5 Å². The van der Waals surface area contributed by atoms with Gasteiger partial charge in [0.05, 0.1) is 24.1 Å². The Kier molecular flexibility index (Phi) is 6.08. The fourth-order valence-corrected chi connectivity index (χ4v) is 4.71. The van der Waals surface area contributed by atoms with E-state index in [1.165, 1.54) is 12.1 Å². The summed E-state index contributed by atoms with van der Waals surface area (Å²) in [5.74, 6) is -0.0452. The second kappa shape index (κ2) is 9.38. The number of amides is 1. The molecular weight excluding hydrogens is 477 g/mol. The van der Waals surface area contributed by atoms with Gasteiger partial charge in [0.15, 0.2) is 0 Å². The van der Waals surface area contributed by atoms with Crippen molar-refractivity contribution in [3.8, 4) is 5.75 Å². The minimum absolute atomic E-state index is 0.0197. The Morgan fingerprint density at radius 2 is 1.84 bits per heavy atom. The van der Waals surface area contributed by atoms with E-state index in [0.29, 0.717) is 34.1 Å². The molecule has 1 aromatic heterocycles. The van der Waals surface area contributed by atoms with Crippen molar-refractivity contribution >= 4 is 23.0 Å². The summed E-state index contributed by atoms with van der Waals surface area (Å²) < 4.78 is 20.8. The van der Waals surface area contributed by atoms with Crippen molar-refractivity contribution in [1.82, 2.24) is 9.78 Å². The highest BCUT2D eigenvalue weighted by Gasteiger charge is 2.34. The maximum atomic E-state index is 13.7. The number of carbonyl (C=O) groups excluding carboxylic acids is 1. The van der Waals surface area contributed by atoms with Gasteiger partial charge in [-0.2, -0.15) is 5.10 Å². The molecule has 0 saturated heterocycles. The average Bonchev–Trinajstić information content (AvgIpc) is 3.17. The molecule has 4 aromatic rings. The topological polar surface area (TPSA) is 103 Å². The molecule has 0 spiro atoms. The van der Waals surface area contributed by atoms with Crippen LogP contribution < -0.4 is 15.0 Å². The summed E-state index contributed by atoms with van der Waals surface area (Å²) in [7, 11) is 1.55. The van der Waals surface area contributed by atoms with Crippen molar-refractivity contribution in [2.75, 3.05) is 17.3 Å². The number of aromatic nitrogens is 2. The number of nitrogens with one attached hydrogen (secondary N) is 1. The van der Waals surface area contributed by atoms with Crippen LogP contribution in [0.1, 0.15) is 39.0 Å². The Bertz CT molecular complexity index is 1520. The Labute approximate surface area is 212 Å². The summed E-state index contributed by atoms with van der Waals surface area (Å²) >= 11 is 0. The molecule has 1 aliphatic rings. The maximum Gasteiger partial charge on any atom is 0.312 e. The second-order valence-corrected chi connectivity index (χ2v) is 8.75. The lowest BCUT2D eigenvalue weighted by atomic mass is 10.0. The molecular formula is C27H24FN5O4. The van der Waals surface area contributed by atoms with E-state index in [1.807, 2.05) is 24.3 Å². The summed E-state index contributed by atoms with van der Waals surface area (Å²) in [5.41, 5.74) is 3.94. The van der Waals surface area contributed by atoms with Crippen LogP contribution in [0, 0.1) is 29.8 Å². The smallest absolute Gasteiger partial charge is 0.312 e. The van der Waals surface area contributed by atoms with E-state index >= 15 is 0 Å². The molecule has 0 bridgehead atoms. The first kappa shape index (κ1) is 24.0. The highest BCUT2D eigenvalue weighted by atomic mass is 19.1. The van der Waals surface area contributed by atoms with Crippen LogP contribution in [0.3, 0.4) is 0 Å². The number of benzene rings is 3. The minimum Gasteiger partial charge on any atom is -0.496 e. The molecule has 2 heterocycles. The Morgan fingerprint density at radius 1 is 1.11 bits per heavy atom. The fraction of sp³-hybridized carbons (Fsp3) is 0.185. The molecule has 9 nitrogen and oxygen atoms in total. The number of ether oxygens (including phenoxy) is 1. The molecule has 0 saturated carbocycles. The van der Waals surface area contributed by atoms with E-state index in [2.05, 4.69) is 10.4 Å². The van der Waals surface area contributed by atoms with Gasteiger partial charge in [0.2, 0.25) is 0 Å². The predicted molar refractivity (Wildman–Crippen MR) is 136 cm³/mol. The highest BCUT2D eigenvalue weighted by molar-refractivity contribution is 6.12. The summed E-state index contributed by atoms with van der Waals surface area (Å²) in [4.78, 5) is 26.2. The number of nitro groups is 1. The van der Waals surface area contributed by atoms with E-state index in [-0.39, 0.29) is 18.1 Å². The minimum atomic E-state index is -0.604. The number of methoxy groups -OCH3 is 1. The number of nitrogens with zero attached hydrogens (tertiary/aromatic N) is 4. The van der Waals surface area contributed by atoms with Gasteiger partial charge in [-0.15, -0.1) is 0 Å².